The molecule has 4 rings (SSSR count). The molecule has 0 amide bonds. The van der Waals surface area contributed by atoms with E-state index in [0.717, 1.165) is 23.1 Å². The van der Waals surface area contributed by atoms with Gasteiger partial charge in [0, 0.05) is 44.3 Å². The Bertz CT molecular complexity index is 926. The Morgan fingerprint density at radius 1 is 1.00 bits per heavy atom. The Kier molecular flexibility index (Phi) is 3.97. The number of aromatic nitrogens is 3. The van der Waals surface area contributed by atoms with E-state index in [1.165, 1.54) is 12.1 Å². The molecule has 1 saturated heterocycles. The minimum Gasteiger partial charge on any atom is -0.368 e. The highest BCUT2D eigenvalue weighted by Gasteiger charge is 2.31. The first kappa shape index (κ1) is 16.7. The molecule has 8 heteroatoms. The zero-order valence-corrected chi connectivity index (χ0v) is 14.2. The van der Waals surface area contributed by atoms with Gasteiger partial charge in [-0.15, -0.1) is 0 Å². The second-order valence-electron chi connectivity index (χ2n) is 6.39. The average Bonchev–Trinajstić information content (AvgIpc) is 3.01. The zero-order valence-electron chi connectivity index (χ0n) is 14.2. The van der Waals surface area contributed by atoms with Crippen LogP contribution in [0.2, 0.25) is 0 Å². The molecule has 1 aliphatic heterocycles. The minimum atomic E-state index is -4.32. The highest BCUT2D eigenvalue weighted by atomic mass is 19.4. The van der Waals surface area contributed by atoms with Crippen molar-refractivity contribution in [2.45, 2.75) is 13.1 Å². The topological polar surface area (TPSA) is 36.7 Å². The summed E-state index contributed by atoms with van der Waals surface area (Å²) in [6.07, 6.45) is -0.796. The summed E-state index contributed by atoms with van der Waals surface area (Å²) in [6.45, 7) is 4.58. The van der Waals surface area contributed by atoms with Gasteiger partial charge in [-0.05, 0) is 31.2 Å². The number of halogens is 3. The number of nitrogens with zero attached hydrogens (tertiary/aromatic N) is 5. The third kappa shape index (κ3) is 3.07. The van der Waals surface area contributed by atoms with Crippen LogP contribution < -0.4 is 9.80 Å². The van der Waals surface area contributed by atoms with Crippen LogP contribution in [0.15, 0.2) is 42.7 Å². The van der Waals surface area contributed by atoms with Crippen molar-refractivity contribution in [1.29, 1.82) is 0 Å². The summed E-state index contributed by atoms with van der Waals surface area (Å²) in [5.41, 5.74) is 1.85. The molecule has 0 spiro atoms. The summed E-state index contributed by atoms with van der Waals surface area (Å²) in [5.74, 6) is 0.858. The standard InChI is InChI=1S/C18H18F3N5/c1-13-11-16-17(22-5-6-26(16)23-13)25-9-7-24(8-10-25)15-4-2-3-14(12-15)18(19,20)21/h2-6,11-12H,7-10H2,1H3. The fraction of sp³-hybridized carbons (Fsp3) is 0.333. The molecular formula is C18H18F3N5. The Morgan fingerprint density at radius 3 is 2.46 bits per heavy atom. The molecule has 26 heavy (non-hydrogen) atoms. The highest BCUT2D eigenvalue weighted by Crippen LogP contribution is 2.32. The maximum absolute atomic E-state index is 12.9. The molecule has 0 saturated carbocycles. The van der Waals surface area contributed by atoms with E-state index in [0.29, 0.717) is 31.9 Å². The summed E-state index contributed by atoms with van der Waals surface area (Å²) in [6, 6.07) is 7.49. The van der Waals surface area contributed by atoms with Crippen molar-refractivity contribution in [3.8, 4) is 0 Å². The molecule has 1 aliphatic rings. The summed E-state index contributed by atoms with van der Waals surface area (Å²) in [5, 5.41) is 4.40. The Hall–Kier alpha value is -2.77. The van der Waals surface area contributed by atoms with Crippen LogP contribution in [-0.4, -0.2) is 40.8 Å². The van der Waals surface area contributed by atoms with Gasteiger partial charge in [-0.1, -0.05) is 6.07 Å². The van der Waals surface area contributed by atoms with Crippen molar-refractivity contribution in [3.63, 3.8) is 0 Å². The lowest BCUT2D eigenvalue weighted by Crippen LogP contribution is -2.47. The third-order valence-corrected chi connectivity index (χ3v) is 4.61. The van der Waals surface area contributed by atoms with Crippen molar-refractivity contribution in [1.82, 2.24) is 14.6 Å². The predicted octanol–water partition coefficient (Wildman–Crippen LogP) is 3.38. The van der Waals surface area contributed by atoms with E-state index in [-0.39, 0.29) is 0 Å². The van der Waals surface area contributed by atoms with E-state index >= 15 is 0 Å². The average molecular weight is 361 g/mol. The smallest absolute Gasteiger partial charge is 0.368 e. The van der Waals surface area contributed by atoms with Crippen molar-refractivity contribution in [3.05, 3.63) is 54.0 Å². The summed E-state index contributed by atoms with van der Waals surface area (Å²) >= 11 is 0. The maximum atomic E-state index is 12.9. The van der Waals surface area contributed by atoms with Crippen molar-refractivity contribution < 1.29 is 13.2 Å². The fourth-order valence-electron chi connectivity index (χ4n) is 3.33. The van der Waals surface area contributed by atoms with Gasteiger partial charge in [0.2, 0.25) is 0 Å². The van der Waals surface area contributed by atoms with E-state index in [9.17, 15) is 13.2 Å². The molecule has 3 aromatic rings. The lowest BCUT2D eigenvalue weighted by atomic mass is 10.1. The van der Waals surface area contributed by atoms with Crippen LogP contribution in [0.5, 0.6) is 0 Å². The highest BCUT2D eigenvalue weighted by molar-refractivity contribution is 5.69. The molecule has 5 nitrogen and oxygen atoms in total. The van der Waals surface area contributed by atoms with Gasteiger partial charge in [0.05, 0.1) is 11.3 Å². The SMILES string of the molecule is Cc1cc2c(N3CCN(c4cccc(C(F)(F)F)c4)CC3)nccn2n1. The van der Waals surface area contributed by atoms with Crippen LogP contribution in [0, 0.1) is 6.92 Å². The summed E-state index contributed by atoms with van der Waals surface area (Å²) < 4.78 is 40.6. The lowest BCUT2D eigenvalue weighted by molar-refractivity contribution is -0.137. The Labute approximate surface area is 148 Å². The van der Waals surface area contributed by atoms with E-state index in [2.05, 4.69) is 15.0 Å². The number of alkyl halides is 3. The normalized spacial score (nSPS) is 15.7. The van der Waals surface area contributed by atoms with Gasteiger partial charge >= 0.3 is 6.18 Å². The van der Waals surface area contributed by atoms with Gasteiger partial charge in [0.25, 0.3) is 0 Å². The van der Waals surface area contributed by atoms with Gasteiger partial charge in [-0.3, -0.25) is 0 Å². The van der Waals surface area contributed by atoms with E-state index in [1.54, 1.807) is 16.8 Å². The van der Waals surface area contributed by atoms with Crippen LogP contribution in [0.1, 0.15) is 11.3 Å². The van der Waals surface area contributed by atoms with E-state index < -0.39 is 11.7 Å². The zero-order chi connectivity index (χ0) is 18.3. The first-order valence-corrected chi connectivity index (χ1v) is 8.40. The second-order valence-corrected chi connectivity index (χ2v) is 6.39. The number of benzene rings is 1. The predicted molar refractivity (Wildman–Crippen MR) is 93.6 cm³/mol. The van der Waals surface area contributed by atoms with Gasteiger partial charge in [-0.2, -0.15) is 18.3 Å². The molecule has 0 atom stereocenters. The Morgan fingerprint density at radius 2 is 1.73 bits per heavy atom. The van der Waals surface area contributed by atoms with Gasteiger partial charge in [0.15, 0.2) is 5.82 Å². The van der Waals surface area contributed by atoms with Gasteiger partial charge in [0.1, 0.15) is 5.52 Å². The van der Waals surface area contributed by atoms with E-state index in [1.807, 2.05) is 24.1 Å². The number of fused-ring (bicyclic) bond motifs is 1. The molecule has 1 fully saturated rings. The summed E-state index contributed by atoms with van der Waals surface area (Å²) in [7, 11) is 0. The number of hydrogen-bond donors (Lipinski definition) is 0. The van der Waals surface area contributed by atoms with Gasteiger partial charge in [-0.25, -0.2) is 9.50 Å². The van der Waals surface area contributed by atoms with Crippen LogP contribution in [0.25, 0.3) is 5.52 Å². The summed E-state index contributed by atoms with van der Waals surface area (Å²) in [4.78, 5) is 8.62. The molecule has 0 N–H and O–H groups in total. The van der Waals surface area contributed by atoms with Crippen molar-refractivity contribution >= 4 is 17.0 Å². The number of anilines is 2. The first-order chi connectivity index (χ1) is 12.4. The maximum Gasteiger partial charge on any atom is 0.416 e. The molecule has 3 heterocycles. The molecular weight excluding hydrogens is 343 g/mol. The molecule has 0 bridgehead atoms. The monoisotopic (exact) mass is 361 g/mol. The lowest BCUT2D eigenvalue weighted by Gasteiger charge is -2.37. The minimum absolute atomic E-state index is 0.603. The number of aryl methyl sites for hydroxylation is 1. The fourth-order valence-corrected chi connectivity index (χ4v) is 3.33. The van der Waals surface area contributed by atoms with Crippen LogP contribution in [-0.2, 0) is 6.18 Å². The number of piperazine rings is 1. The quantitative estimate of drug-likeness (QED) is 0.701. The van der Waals surface area contributed by atoms with Crippen molar-refractivity contribution in [2.75, 3.05) is 36.0 Å². The molecule has 1 aromatic carbocycles. The molecule has 136 valence electrons. The molecule has 0 radical (unpaired) electrons. The van der Waals surface area contributed by atoms with Crippen LogP contribution >= 0.6 is 0 Å². The largest absolute Gasteiger partial charge is 0.416 e. The Balaban J connectivity index is 1.52. The van der Waals surface area contributed by atoms with E-state index in [4.69, 9.17) is 0 Å². The van der Waals surface area contributed by atoms with Crippen LogP contribution in [0.3, 0.4) is 0 Å². The molecule has 0 unspecified atom stereocenters. The number of rotatable bonds is 2. The third-order valence-electron chi connectivity index (χ3n) is 4.61. The molecule has 0 aliphatic carbocycles. The number of hydrogen-bond acceptors (Lipinski definition) is 4. The van der Waals surface area contributed by atoms with Crippen molar-refractivity contribution in [2.24, 2.45) is 0 Å². The first-order valence-electron chi connectivity index (χ1n) is 8.40. The second kappa shape index (κ2) is 6.19. The molecule has 2 aromatic heterocycles. The van der Waals surface area contributed by atoms with Crippen LogP contribution in [0.4, 0.5) is 24.7 Å². The van der Waals surface area contributed by atoms with Gasteiger partial charge < -0.3 is 9.80 Å².